The second-order valence-corrected chi connectivity index (χ2v) is 4.26. The third kappa shape index (κ3) is 4.51. The van der Waals surface area contributed by atoms with Gasteiger partial charge in [0.2, 0.25) is 0 Å². The minimum Gasteiger partial charge on any atom is -0.337 e. The van der Waals surface area contributed by atoms with Crippen LogP contribution in [0.15, 0.2) is 0 Å². The van der Waals surface area contributed by atoms with Gasteiger partial charge in [0, 0.05) is 26.2 Å². The maximum Gasteiger partial charge on any atom is 0.317 e. The number of urea groups is 1. The molecule has 0 aromatic heterocycles. The number of carbonyl (C=O) groups excluding carboxylic acids is 1. The average Bonchev–Trinajstić information content (AvgIpc) is 2.25. The summed E-state index contributed by atoms with van der Waals surface area (Å²) in [5.74, 6) is 0.774. The van der Waals surface area contributed by atoms with Crippen LogP contribution in [-0.4, -0.2) is 43.7 Å². The number of carbonyl (C=O) groups is 1. The first-order chi connectivity index (χ1) is 7.24. The Kier molecular flexibility index (Phi) is 5.47. The normalized spacial score (nSPS) is 17.9. The second-order valence-electron chi connectivity index (χ2n) is 4.26. The van der Waals surface area contributed by atoms with Gasteiger partial charge in [0.05, 0.1) is 0 Å². The van der Waals surface area contributed by atoms with Crippen molar-refractivity contribution in [2.75, 3.05) is 32.7 Å². The molecule has 4 nitrogen and oxygen atoms in total. The topological polar surface area (TPSA) is 44.4 Å². The van der Waals surface area contributed by atoms with Gasteiger partial charge in [-0.05, 0) is 25.3 Å². The zero-order valence-corrected chi connectivity index (χ0v) is 9.88. The van der Waals surface area contributed by atoms with Crippen LogP contribution in [0.1, 0.15) is 26.7 Å². The van der Waals surface area contributed by atoms with Crippen molar-refractivity contribution in [1.29, 1.82) is 0 Å². The van der Waals surface area contributed by atoms with Crippen molar-refractivity contribution >= 4 is 6.03 Å². The smallest absolute Gasteiger partial charge is 0.317 e. The SMILES string of the molecule is CCNCCNC(=O)N1CCC(C)CC1. The van der Waals surface area contributed by atoms with Gasteiger partial charge < -0.3 is 15.5 Å². The van der Waals surface area contributed by atoms with E-state index in [-0.39, 0.29) is 6.03 Å². The van der Waals surface area contributed by atoms with Crippen molar-refractivity contribution in [3.05, 3.63) is 0 Å². The fourth-order valence-corrected chi connectivity index (χ4v) is 1.76. The Hall–Kier alpha value is -0.770. The van der Waals surface area contributed by atoms with Crippen LogP contribution in [-0.2, 0) is 0 Å². The van der Waals surface area contributed by atoms with Gasteiger partial charge in [-0.2, -0.15) is 0 Å². The first-order valence-corrected chi connectivity index (χ1v) is 5.97. The van der Waals surface area contributed by atoms with Gasteiger partial charge in [-0.15, -0.1) is 0 Å². The molecule has 1 rings (SSSR count). The summed E-state index contributed by atoms with van der Waals surface area (Å²) in [6.45, 7) is 8.67. The molecule has 0 bridgehead atoms. The van der Waals surface area contributed by atoms with E-state index in [1.807, 2.05) is 4.90 Å². The molecule has 1 saturated heterocycles. The van der Waals surface area contributed by atoms with Gasteiger partial charge in [0.1, 0.15) is 0 Å². The van der Waals surface area contributed by atoms with E-state index in [1.54, 1.807) is 0 Å². The molecule has 88 valence electrons. The molecule has 1 heterocycles. The Labute approximate surface area is 92.4 Å². The number of hydrogen-bond donors (Lipinski definition) is 2. The van der Waals surface area contributed by atoms with E-state index < -0.39 is 0 Å². The molecule has 0 spiro atoms. The van der Waals surface area contributed by atoms with Crippen molar-refractivity contribution in [2.45, 2.75) is 26.7 Å². The van der Waals surface area contributed by atoms with E-state index in [9.17, 15) is 4.79 Å². The monoisotopic (exact) mass is 213 g/mol. The lowest BCUT2D eigenvalue weighted by atomic mass is 10.00. The zero-order chi connectivity index (χ0) is 11.1. The summed E-state index contributed by atoms with van der Waals surface area (Å²) < 4.78 is 0. The second kappa shape index (κ2) is 6.67. The summed E-state index contributed by atoms with van der Waals surface area (Å²) in [5.41, 5.74) is 0. The van der Waals surface area contributed by atoms with Gasteiger partial charge in [-0.25, -0.2) is 4.79 Å². The number of amides is 2. The number of nitrogens with one attached hydrogen (secondary N) is 2. The number of piperidine rings is 1. The summed E-state index contributed by atoms with van der Waals surface area (Å²) in [4.78, 5) is 13.6. The summed E-state index contributed by atoms with van der Waals surface area (Å²) in [6, 6.07) is 0.0970. The molecule has 0 unspecified atom stereocenters. The van der Waals surface area contributed by atoms with Crippen molar-refractivity contribution in [3.8, 4) is 0 Å². The third-order valence-electron chi connectivity index (χ3n) is 2.90. The van der Waals surface area contributed by atoms with Crippen molar-refractivity contribution in [1.82, 2.24) is 15.5 Å². The van der Waals surface area contributed by atoms with Crippen LogP contribution in [0.4, 0.5) is 4.79 Å². The molecule has 0 atom stereocenters. The van der Waals surface area contributed by atoms with Crippen molar-refractivity contribution < 1.29 is 4.79 Å². The molecule has 0 radical (unpaired) electrons. The van der Waals surface area contributed by atoms with E-state index in [0.29, 0.717) is 0 Å². The maximum absolute atomic E-state index is 11.7. The number of likely N-dealkylation sites (N-methyl/N-ethyl adjacent to an activating group) is 1. The molecule has 1 fully saturated rings. The first kappa shape index (κ1) is 12.3. The Balaban J connectivity index is 2.11. The largest absolute Gasteiger partial charge is 0.337 e. The highest BCUT2D eigenvalue weighted by molar-refractivity contribution is 5.74. The van der Waals surface area contributed by atoms with Crippen LogP contribution < -0.4 is 10.6 Å². The van der Waals surface area contributed by atoms with Crippen molar-refractivity contribution in [3.63, 3.8) is 0 Å². The fourth-order valence-electron chi connectivity index (χ4n) is 1.76. The van der Waals surface area contributed by atoms with Crippen LogP contribution in [0, 0.1) is 5.92 Å². The minimum atomic E-state index is 0.0970. The molecule has 0 aromatic carbocycles. The van der Waals surface area contributed by atoms with Gasteiger partial charge in [-0.3, -0.25) is 0 Å². The lowest BCUT2D eigenvalue weighted by molar-refractivity contribution is 0.174. The van der Waals surface area contributed by atoms with Gasteiger partial charge in [0.25, 0.3) is 0 Å². The number of rotatable bonds is 4. The van der Waals surface area contributed by atoms with E-state index in [1.165, 1.54) is 0 Å². The molecule has 0 aromatic rings. The summed E-state index contributed by atoms with van der Waals surface area (Å²) in [6.07, 6.45) is 2.28. The molecule has 2 amide bonds. The predicted molar refractivity (Wildman–Crippen MR) is 61.9 cm³/mol. The van der Waals surface area contributed by atoms with Gasteiger partial charge in [0.15, 0.2) is 0 Å². The van der Waals surface area contributed by atoms with E-state index in [0.717, 1.165) is 51.5 Å². The summed E-state index contributed by atoms with van der Waals surface area (Å²) in [7, 11) is 0. The first-order valence-electron chi connectivity index (χ1n) is 5.97. The minimum absolute atomic E-state index is 0.0970. The molecule has 1 aliphatic heterocycles. The Morgan fingerprint density at radius 1 is 1.33 bits per heavy atom. The van der Waals surface area contributed by atoms with Crippen molar-refractivity contribution in [2.24, 2.45) is 5.92 Å². The number of nitrogens with zero attached hydrogens (tertiary/aromatic N) is 1. The summed E-state index contributed by atoms with van der Waals surface area (Å²) in [5, 5.41) is 6.11. The predicted octanol–water partition coefficient (Wildman–Crippen LogP) is 1.04. The quantitative estimate of drug-likeness (QED) is 0.685. The Morgan fingerprint density at radius 3 is 2.60 bits per heavy atom. The molecule has 15 heavy (non-hydrogen) atoms. The van der Waals surface area contributed by atoms with Crippen LogP contribution in [0.2, 0.25) is 0 Å². The van der Waals surface area contributed by atoms with Crippen LogP contribution in [0.5, 0.6) is 0 Å². The molecule has 0 saturated carbocycles. The van der Waals surface area contributed by atoms with E-state index >= 15 is 0 Å². The van der Waals surface area contributed by atoms with E-state index in [4.69, 9.17) is 0 Å². The summed E-state index contributed by atoms with van der Waals surface area (Å²) >= 11 is 0. The lowest BCUT2D eigenvalue weighted by Crippen LogP contribution is -2.45. The molecule has 0 aliphatic carbocycles. The average molecular weight is 213 g/mol. The zero-order valence-electron chi connectivity index (χ0n) is 9.88. The molecule has 4 heteroatoms. The van der Waals surface area contributed by atoms with Crippen LogP contribution >= 0.6 is 0 Å². The maximum atomic E-state index is 11.7. The molecular formula is C11H23N3O. The fraction of sp³-hybridized carbons (Fsp3) is 0.909. The van der Waals surface area contributed by atoms with Crippen LogP contribution in [0.25, 0.3) is 0 Å². The van der Waals surface area contributed by atoms with E-state index in [2.05, 4.69) is 24.5 Å². The van der Waals surface area contributed by atoms with Gasteiger partial charge >= 0.3 is 6.03 Å². The Bertz CT molecular complexity index is 188. The number of likely N-dealkylation sites (tertiary alicyclic amines) is 1. The third-order valence-corrected chi connectivity index (χ3v) is 2.90. The molecular weight excluding hydrogens is 190 g/mol. The standard InChI is InChI=1S/C11H23N3O/c1-3-12-6-7-13-11(15)14-8-4-10(2)5-9-14/h10,12H,3-9H2,1-2H3,(H,13,15). The molecule has 1 aliphatic rings. The lowest BCUT2D eigenvalue weighted by Gasteiger charge is -2.30. The number of hydrogen-bond acceptors (Lipinski definition) is 2. The van der Waals surface area contributed by atoms with Gasteiger partial charge in [-0.1, -0.05) is 13.8 Å². The van der Waals surface area contributed by atoms with Crippen LogP contribution in [0.3, 0.4) is 0 Å². The Morgan fingerprint density at radius 2 is 2.00 bits per heavy atom. The highest BCUT2D eigenvalue weighted by atomic mass is 16.2. The highest BCUT2D eigenvalue weighted by Gasteiger charge is 2.19. The molecule has 2 N–H and O–H groups in total. The highest BCUT2D eigenvalue weighted by Crippen LogP contribution is 2.15.